The van der Waals surface area contributed by atoms with Crippen molar-refractivity contribution in [3.05, 3.63) is 29.6 Å². The average molecular weight is 239 g/mol. The van der Waals surface area contributed by atoms with Crippen LogP contribution in [0, 0.1) is 12.7 Å². The molecular weight excluding hydrogens is 221 g/mol. The van der Waals surface area contributed by atoms with Gasteiger partial charge in [0.2, 0.25) is 0 Å². The summed E-state index contributed by atoms with van der Waals surface area (Å²) in [4.78, 5) is 13.2. The topological polar surface area (TPSA) is 29.5 Å². The molecule has 1 aromatic rings. The van der Waals surface area contributed by atoms with E-state index in [1.807, 2.05) is 0 Å². The maximum atomic E-state index is 12.9. The van der Waals surface area contributed by atoms with E-state index in [0.717, 1.165) is 0 Å². The monoisotopic (exact) mass is 239 g/mol. The Labute approximate surface area is 101 Å². The van der Waals surface area contributed by atoms with Gasteiger partial charge in [0.15, 0.2) is 0 Å². The van der Waals surface area contributed by atoms with Crippen molar-refractivity contribution in [2.45, 2.75) is 33.3 Å². The van der Waals surface area contributed by atoms with E-state index >= 15 is 0 Å². The number of carbonyl (C=O) groups excluding carboxylic acids is 1. The number of hydrogen-bond donors (Lipinski definition) is 0. The average Bonchev–Trinajstić information content (AvgIpc) is 2.14. The molecule has 0 aliphatic carbocycles. The van der Waals surface area contributed by atoms with Gasteiger partial charge in [-0.1, -0.05) is 0 Å². The van der Waals surface area contributed by atoms with E-state index in [9.17, 15) is 9.18 Å². The van der Waals surface area contributed by atoms with Gasteiger partial charge in [-0.3, -0.25) is 4.90 Å². The van der Waals surface area contributed by atoms with Crippen LogP contribution in [0.25, 0.3) is 0 Å². The van der Waals surface area contributed by atoms with Crippen molar-refractivity contribution >= 4 is 11.8 Å². The van der Waals surface area contributed by atoms with Crippen LogP contribution in [0.4, 0.5) is 14.9 Å². The summed E-state index contributed by atoms with van der Waals surface area (Å²) >= 11 is 0. The van der Waals surface area contributed by atoms with Crippen molar-refractivity contribution < 1.29 is 13.9 Å². The number of amides is 1. The minimum absolute atomic E-state index is 0.316. The lowest BCUT2D eigenvalue weighted by atomic mass is 10.2. The minimum Gasteiger partial charge on any atom is -0.443 e. The van der Waals surface area contributed by atoms with Crippen LogP contribution in [0.15, 0.2) is 18.2 Å². The van der Waals surface area contributed by atoms with E-state index in [1.165, 1.54) is 17.0 Å². The minimum atomic E-state index is -0.542. The Morgan fingerprint density at radius 3 is 2.41 bits per heavy atom. The lowest BCUT2D eigenvalue weighted by Gasteiger charge is -2.25. The summed E-state index contributed by atoms with van der Waals surface area (Å²) in [6.45, 7) is 7.15. The Kier molecular flexibility index (Phi) is 3.76. The third-order valence-electron chi connectivity index (χ3n) is 2.19. The standard InChI is InChI=1S/C13H18FNO2/c1-9-8-10(14)6-7-11(9)15(5)12(16)17-13(2,3)4/h6-8H,1-5H3. The number of ether oxygens (including phenoxy) is 1. The quantitative estimate of drug-likeness (QED) is 0.750. The summed E-state index contributed by atoms with van der Waals surface area (Å²) in [7, 11) is 1.61. The second-order valence-electron chi connectivity index (χ2n) is 4.97. The Hall–Kier alpha value is -1.58. The molecule has 0 saturated heterocycles. The molecule has 1 amide bonds. The molecule has 3 nitrogen and oxygen atoms in total. The second-order valence-corrected chi connectivity index (χ2v) is 4.97. The zero-order valence-corrected chi connectivity index (χ0v) is 10.9. The summed E-state index contributed by atoms with van der Waals surface area (Å²) in [5.74, 6) is -0.316. The maximum Gasteiger partial charge on any atom is 0.414 e. The van der Waals surface area contributed by atoms with Crippen LogP contribution in [0.3, 0.4) is 0 Å². The Balaban J connectivity index is 2.89. The number of halogens is 1. The highest BCUT2D eigenvalue weighted by atomic mass is 19.1. The van der Waals surface area contributed by atoms with Crippen molar-refractivity contribution in [2.75, 3.05) is 11.9 Å². The molecule has 0 saturated carbocycles. The summed E-state index contributed by atoms with van der Waals surface area (Å²) in [5.41, 5.74) is 0.790. The summed E-state index contributed by atoms with van der Waals surface area (Å²) in [6, 6.07) is 4.27. The Morgan fingerprint density at radius 2 is 1.94 bits per heavy atom. The molecular formula is C13H18FNO2. The van der Waals surface area contributed by atoms with E-state index in [0.29, 0.717) is 11.3 Å². The van der Waals surface area contributed by atoms with Crippen LogP contribution in [0.1, 0.15) is 26.3 Å². The first-order valence-corrected chi connectivity index (χ1v) is 5.43. The zero-order chi connectivity index (χ0) is 13.2. The lowest BCUT2D eigenvalue weighted by Crippen LogP contribution is -2.34. The van der Waals surface area contributed by atoms with Crippen LogP contribution < -0.4 is 4.90 Å². The molecule has 0 aliphatic rings. The maximum absolute atomic E-state index is 12.9. The normalized spacial score (nSPS) is 11.2. The molecule has 4 heteroatoms. The highest BCUT2D eigenvalue weighted by Crippen LogP contribution is 2.21. The molecule has 1 rings (SSSR count). The fourth-order valence-corrected chi connectivity index (χ4v) is 1.42. The molecule has 0 radical (unpaired) electrons. The van der Waals surface area contributed by atoms with Crippen LogP contribution in [-0.2, 0) is 4.74 Å². The third kappa shape index (κ3) is 3.73. The molecule has 1 aromatic carbocycles. The smallest absolute Gasteiger partial charge is 0.414 e. The van der Waals surface area contributed by atoms with Gasteiger partial charge in [0, 0.05) is 12.7 Å². The number of nitrogens with zero attached hydrogens (tertiary/aromatic N) is 1. The van der Waals surface area contributed by atoms with E-state index in [-0.39, 0.29) is 5.82 Å². The molecule has 0 unspecified atom stereocenters. The van der Waals surface area contributed by atoms with Crippen LogP contribution in [0.2, 0.25) is 0 Å². The Morgan fingerprint density at radius 1 is 1.35 bits per heavy atom. The molecule has 0 bridgehead atoms. The molecule has 0 aliphatic heterocycles. The first-order valence-electron chi connectivity index (χ1n) is 5.43. The van der Waals surface area contributed by atoms with Crippen molar-refractivity contribution in [2.24, 2.45) is 0 Å². The number of rotatable bonds is 1. The van der Waals surface area contributed by atoms with Crippen molar-refractivity contribution in [3.63, 3.8) is 0 Å². The number of aryl methyl sites for hydroxylation is 1. The van der Waals surface area contributed by atoms with Crippen molar-refractivity contribution in [1.29, 1.82) is 0 Å². The van der Waals surface area contributed by atoms with Gasteiger partial charge in [-0.05, 0) is 51.5 Å². The van der Waals surface area contributed by atoms with Crippen molar-refractivity contribution in [3.8, 4) is 0 Å². The zero-order valence-electron chi connectivity index (χ0n) is 10.9. The highest BCUT2D eigenvalue weighted by molar-refractivity contribution is 5.88. The Bertz CT molecular complexity index is 424. The predicted molar refractivity (Wildman–Crippen MR) is 65.8 cm³/mol. The summed E-state index contributed by atoms with van der Waals surface area (Å²) in [5, 5.41) is 0. The molecule has 94 valence electrons. The van der Waals surface area contributed by atoms with Gasteiger partial charge in [-0.15, -0.1) is 0 Å². The fourth-order valence-electron chi connectivity index (χ4n) is 1.42. The van der Waals surface area contributed by atoms with Gasteiger partial charge >= 0.3 is 6.09 Å². The fraction of sp³-hybridized carbons (Fsp3) is 0.462. The van der Waals surface area contributed by atoms with Gasteiger partial charge in [0.1, 0.15) is 11.4 Å². The summed E-state index contributed by atoms with van der Waals surface area (Å²) in [6.07, 6.45) is -0.452. The van der Waals surface area contributed by atoms with E-state index < -0.39 is 11.7 Å². The van der Waals surface area contributed by atoms with Crippen molar-refractivity contribution in [1.82, 2.24) is 0 Å². The largest absolute Gasteiger partial charge is 0.443 e. The van der Waals surface area contributed by atoms with Crippen LogP contribution >= 0.6 is 0 Å². The lowest BCUT2D eigenvalue weighted by molar-refractivity contribution is 0.0589. The predicted octanol–water partition coefficient (Wildman–Crippen LogP) is 3.51. The molecule has 0 aromatic heterocycles. The SMILES string of the molecule is Cc1cc(F)ccc1N(C)C(=O)OC(C)(C)C. The first kappa shape index (κ1) is 13.5. The van der Waals surface area contributed by atoms with Gasteiger partial charge < -0.3 is 4.74 Å². The molecule has 0 heterocycles. The van der Waals surface area contributed by atoms with Gasteiger partial charge in [0.25, 0.3) is 0 Å². The number of hydrogen-bond acceptors (Lipinski definition) is 2. The molecule has 0 N–H and O–H groups in total. The van der Waals surface area contributed by atoms with E-state index in [2.05, 4.69) is 0 Å². The van der Waals surface area contributed by atoms with Gasteiger partial charge in [-0.25, -0.2) is 9.18 Å². The molecule has 0 fully saturated rings. The van der Waals surface area contributed by atoms with Gasteiger partial charge in [-0.2, -0.15) is 0 Å². The van der Waals surface area contributed by atoms with Crippen LogP contribution in [0.5, 0.6) is 0 Å². The van der Waals surface area contributed by atoms with Crippen LogP contribution in [-0.4, -0.2) is 18.7 Å². The molecule has 17 heavy (non-hydrogen) atoms. The number of carbonyl (C=O) groups is 1. The molecule has 0 spiro atoms. The number of anilines is 1. The van der Waals surface area contributed by atoms with Gasteiger partial charge in [0.05, 0.1) is 0 Å². The van der Waals surface area contributed by atoms with E-state index in [1.54, 1.807) is 40.8 Å². The first-order chi connectivity index (χ1) is 7.70. The summed E-state index contributed by atoms with van der Waals surface area (Å²) < 4.78 is 18.2. The van der Waals surface area contributed by atoms with E-state index in [4.69, 9.17) is 4.74 Å². The third-order valence-corrected chi connectivity index (χ3v) is 2.19. The molecule has 0 atom stereocenters. The number of benzene rings is 1. The second kappa shape index (κ2) is 4.73. The highest BCUT2D eigenvalue weighted by Gasteiger charge is 2.21.